The lowest BCUT2D eigenvalue weighted by Gasteiger charge is -2.60. The van der Waals surface area contributed by atoms with E-state index < -0.39 is 0 Å². The molecule has 78 valence electrons. The van der Waals surface area contributed by atoms with Gasteiger partial charge in [-0.2, -0.15) is 0 Å². The Labute approximate surface area is 87.8 Å². The van der Waals surface area contributed by atoms with E-state index in [2.05, 4.69) is 26.8 Å². The minimum Gasteiger partial charge on any atom is -0.0847 e. The summed E-state index contributed by atoms with van der Waals surface area (Å²) in [5.41, 5.74) is 3.10. The van der Waals surface area contributed by atoms with Crippen LogP contribution in [0.1, 0.15) is 52.9 Å². The first-order valence-electron chi connectivity index (χ1n) is 6.27. The molecule has 4 aliphatic carbocycles. The normalized spacial score (nSPS) is 48.9. The summed E-state index contributed by atoms with van der Waals surface area (Å²) in [6, 6.07) is 0. The zero-order chi connectivity index (χ0) is 9.97. The van der Waals surface area contributed by atoms with Crippen LogP contribution < -0.4 is 0 Å². The van der Waals surface area contributed by atoms with Crippen LogP contribution >= 0.6 is 0 Å². The van der Waals surface area contributed by atoms with Crippen molar-refractivity contribution in [1.29, 1.82) is 0 Å². The Kier molecular flexibility index (Phi) is 1.58. The summed E-state index contributed by atoms with van der Waals surface area (Å²) in [5, 5.41) is 0. The van der Waals surface area contributed by atoms with E-state index in [9.17, 15) is 0 Å². The van der Waals surface area contributed by atoms with Gasteiger partial charge in [0.2, 0.25) is 0 Å². The second-order valence-corrected chi connectivity index (χ2v) is 6.41. The third kappa shape index (κ3) is 0.816. The maximum absolute atomic E-state index is 2.57. The SMILES string of the molecule is CC1C23CCC=C2CC(CC3)C1(C)C. The predicted molar refractivity (Wildman–Crippen MR) is 60.0 cm³/mol. The molecule has 1 spiro atoms. The maximum atomic E-state index is 2.57. The van der Waals surface area contributed by atoms with Crippen molar-refractivity contribution in [2.24, 2.45) is 22.7 Å². The molecule has 0 heterocycles. The van der Waals surface area contributed by atoms with Crippen molar-refractivity contribution in [2.45, 2.75) is 52.9 Å². The molecular weight excluding hydrogens is 168 g/mol. The number of hydrogen-bond acceptors (Lipinski definition) is 0. The molecule has 3 unspecified atom stereocenters. The molecule has 3 atom stereocenters. The van der Waals surface area contributed by atoms with E-state index in [0.717, 1.165) is 11.8 Å². The zero-order valence-corrected chi connectivity index (χ0v) is 9.77. The first-order valence-corrected chi connectivity index (χ1v) is 6.27. The van der Waals surface area contributed by atoms with Crippen LogP contribution in [-0.2, 0) is 0 Å². The van der Waals surface area contributed by atoms with E-state index in [4.69, 9.17) is 0 Å². The van der Waals surface area contributed by atoms with Gasteiger partial charge in [0, 0.05) is 0 Å². The summed E-state index contributed by atoms with van der Waals surface area (Å²) in [6.07, 6.45) is 9.81. The van der Waals surface area contributed by atoms with Gasteiger partial charge in [-0.05, 0) is 54.8 Å². The van der Waals surface area contributed by atoms with Crippen molar-refractivity contribution in [3.8, 4) is 0 Å². The van der Waals surface area contributed by atoms with Crippen molar-refractivity contribution < 1.29 is 0 Å². The largest absolute Gasteiger partial charge is 0.0847 e. The fourth-order valence-corrected chi connectivity index (χ4v) is 4.65. The quantitative estimate of drug-likeness (QED) is 0.503. The van der Waals surface area contributed by atoms with Crippen LogP contribution in [0.3, 0.4) is 0 Å². The van der Waals surface area contributed by atoms with Crippen molar-refractivity contribution in [2.75, 3.05) is 0 Å². The Bertz CT molecular complexity index is 297. The topological polar surface area (TPSA) is 0 Å². The van der Waals surface area contributed by atoms with Crippen LogP contribution in [0, 0.1) is 22.7 Å². The predicted octanol–water partition coefficient (Wildman–Crippen LogP) is 4.17. The Hall–Kier alpha value is -0.260. The molecule has 0 aromatic heterocycles. The van der Waals surface area contributed by atoms with Crippen LogP contribution in [0.15, 0.2) is 11.6 Å². The molecular formula is C14H22. The maximum Gasteiger partial charge on any atom is -0.00541 e. The average molecular weight is 190 g/mol. The summed E-state index contributed by atoms with van der Waals surface area (Å²) in [4.78, 5) is 0. The second kappa shape index (κ2) is 2.46. The number of allylic oxidation sites excluding steroid dienone is 2. The van der Waals surface area contributed by atoms with Crippen LogP contribution in [0.5, 0.6) is 0 Å². The Balaban J connectivity index is 2.09. The molecule has 0 radical (unpaired) electrons. The van der Waals surface area contributed by atoms with Gasteiger partial charge in [-0.25, -0.2) is 0 Å². The standard InChI is InChI=1S/C14H22/c1-10-13(2,3)11-6-8-14(10)7-4-5-12(14)9-11/h5,10-11H,4,6-9H2,1-3H3. The van der Waals surface area contributed by atoms with E-state index in [1.54, 1.807) is 0 Å². The van der Waals surface area contributed by atoms with Gasteiger partial charge < -0.3 is 0 Å². The fourth-order valence-electron chi connectivity index (χ4n) is 4.65. The van der Waals surface area contributed by atoms with Crippen LogP contribution in [0.2, 0.25) is 0 Å². The van der Waals surface area contributed by atoms with E-state index in [0.29, 0.717) is 10.8 Å². The molecule has 4 aliphatic rings. The molecule has 0 aromatic rings. The molecule has 0 heteroatoms. The smallest absolute Gasteiger partial charge is 0.00541 e. The Morgan fingerprint density at radius 3 is 2.86 bits per heavy atom. The van der Waals surface area contributed by atoms with E-state index in [1.807, 2.05) is 5.57 Å². The number of fused-ring (bicyclic) bond motifs is 2. The van der Waals surface area contributed by atoms with Gasteiger partial charge in [-0.1, -0.05) is 32.4 Å². The van der Waals surface area contributed by atoms with Crippen LogP contribution in [0.25, 0.3) is 0 Å². The molecule has 14 heavy (non-hydrogen) atoms. The van der Waals surface area contributed by atoms with Gasteiger partial charge in [0.05, 0.1) is 0 Å². The van der Waals surface area contributed by atoms with Gasteiger partial charge in [0.15, 0.2) is 0 Å². The minimum atomic E-state index is 0.597. The molecule has 3 fully saturated rings. The summed E-state index contributed by atoms with van der Waals surface area (Å²) in [7, 11) is 0. The van der Waals surface area contributed by atoms with Gasteiger partial charge in [-0.15, -0.1) is 0 Å². The van der Waals surface area contributed by atoms with Crippen molar-refractivity contribution in [1.82, 2.24) is 0 Å². The third-order valence-corrected chi connectivity index (χ3v) is 6.02. The molecule has 0 aliphatic heterocycles. The summed E-state index contributed by atoms with van der Waals surface area (Å²) in [6.45, 7) is 7.54. The van der Waals surface area contributed by atoms with E-state index in [1.165, 1.54) is 32.1 Å². The molecule has 0 aromatic carbocycles. The van der Waals surface area contributed by atoms with Gasteiger partial charge in [0.25, 0.3) is 0 Å². The highest BCUT2D eigenvalue weighted by molar-refractivity contribution is 5.29. The highest BCUT2D eigenvalue weighted by Gasteiger charge is 2.57. The van der Waals surface area contributed by atoms with Gasteiger partial charge >= 0.3 is 0 Å². The lowest BCUT2D eigenvalue weighted by molar-refractivity contribution is -0.0591. The van der Waals surface area contributed by atoms with Gasteiger partial charge in [-0.3, -0.25) is 0 Å². The van der Waals surface area contributed by atoms with Crippen molar-refractivity contribution in [3.63, 3.8) is 0 Å². The number of hydrogen-bond donors (Lipinski definition) is 0. The summed E-state index contributed by atoms with van der Waals surface area (Å²) >= 11 is 0. The highest BCUT2D eigenvalue weighted by atomic mass is 14.6. The first-order chi connectivity index (χ1) is 6.57. The van der Waals surface area contributed by atoms with E-state index in [-0.39, 0.29) is 0 Å². The van der Waals surface area contributed by atoms with Crippen LogP contribution in [-0.4, -0.2) is 0 Å². The average Bonchev–Trinajstić information content (AvgIpc) is 2.57. The summed E-state index contributed by atoms with van der Waals surface area (Å²) < 4.78 is 0. The third-order valence-electron chi connectivity index (χ3n) is 6.02. The zero-order valence-electron chi connectivity index (χ0n) is 9.77. The molecule has 3 saturated carbocycles. The molecule has 0 N–H and O–H groups in total. The first kappa shape index (κ1) is 9.00. The lowest BCUT2D eigenvalue weighted by atomic mass is 9.44. The van der Waals surface area contributed by atoms with Crippen molar-refractivity contribution >= 4 is 0 Å². The van der Waals surface area contributed by atoms with Gasteiger partial charge in [0.1, 0.15) is 0 Å². The monoisotopic (exact) mass is 190 g/mol. The van der Waals surface area contributed by atoms with Crippen LogP contribution in [0.4, 0.5) is 0 Å². The summed E-state index contributed by atoms with van der Waals surface area (Å²) in [5.74, 6) is 1.89. The molecule has 4 rings (SSSR count). The molecule has 2 bridgehead atoms. The Morgan fingerprint density at radius 1 is 1.29 bits per heavy atom. The Morgan fingerprint density at radius 2 is 2.07 bits per heavy atom. The molecule has 0 saturated heterocycles. The second-order valence-electron chi connectivity index (χ2n) is 6.41. The van der Waals surface area contributed by atoms with E-state index >= 15 is 0 Å². The van der Waals surface area contributed by atoms with Crippen molar-refractivity contribution in [3.05, 3.63) is 11.6 Å². The fraction of sp³-hybridized carbons (Fsp3) is 0.857. The molecule has 0 amide bonds. The lowest BCUT2D eigenvalue weighted by Crippen LogP contribution is -2.52. The number of rotatable bonds is 0. The molecule has 0 nitrogen and oxygen atoms in total. The minimum absolute atomic E-state index is 0.597. The highest BCUT2D eigenvalue weighted by Crippen LogP contribution is 2.67.